The molecule has 0 aromatic carbocycles. The molecule has 0 bridgehead atoms. The van der Waals surface area contributed by atoms with E-state index in [1.165, 1.54) is 25.7 Å². The molecular weight excluding hydrogens is 176 g/mol. The van der Waals surface area contributed by atoms with Crippen LogP contribution in [0.3, 0.4) is 0 Å². The standard InChI is InChI=1S/C11H20N2O/c1-9-8-13(7-6-11(9)12-14)10-4-2-3-5-10/h9-10,14H,2-8H2,1H3/b12-11+. The SMILES string of the molecule is CC1CN(C2CCCC2)CC/C1=N\O. The van der Waals surface area contributed by atoms with Gasteiger partial charge in [-0.05, 0) is 12.8 Å². The maximum absolute atomic E-state index is 8.78. The van der Waals surface area contributed by atoms with Gasteiger partial charge in [-0.3, -0.25) is 4.90 Å². The molecule has 3 nitrogen and oxygen atoms in total. The van der Waals surface area contributed by atoms with Gasteiger partial charge in [0, 0.05) is 31.5 Å². The first-order chi connectivity index (χ1) is 6.81. The third-order valence-electron chi connectivity index (χ3n) is 3.70. The van der Waals surface area contributed by atoms with E-state index in [-0.39, 0.29) is 0 Å². The molecule has 0 radical (unpaired) electrons. The largest absolute Gasteiger partial charge is 0.411 e. The average molecular weight is 196 g/mol. The van der Waals surface area contributed by atoms with Gasteiger partial charge in [-0.15, -0.1) is 0 Å². The van der Waals surface area contributed by atoms with Gasteiger partial charge in [-0.25, -0.2) is 0 Å². The third kappa shape index (κ3) is 1.92. The highest BCUT2D eigenvalue weighted by molar-refractivity contribution is 5.87. The van der Waals surface area contributed by atoms with Gasteiger partial charge in [0.1, 0.15) is 0 Å². The first-order valence-electron chi connectivity index (χ1n) is 5.76. The summed E-state index contributed by atoms with van der Waals surface area (Å²) in [5.74, 6) is 0.439. The van der Waals surface area contributed by atoms with Crippen LogP contribution in [0.1, 0.15) is 39.0 Å². The van der Waals surface area contributed by atoms with Crippen molar-refractivity contribution in [2.24, 2.45) is 11.1 Å². The van der Waals surface area contributed by atoms with E-state index in [0.717, 1.165) is 31.3 Å². The Morgan fingerprint density at radius 2 is 2.07 bits per heavy atom. The zero-order valence-corrected chi connectivity index (χ0v) is 8.95. The van der Waals surface area contributed by atoms with E-state index in [4.69, 9.17) is 5.21 Å². The quantitative estimate of drug-likeness (QED) is 0.515. The van der Waals surface area contributed by atoms with Crippen molar-refractivity contribution >= 4 is 5.71 Å². The van der Waals surface area contributed by atoms with E-state index in [1.54, 1.807) is 0 Å². The normalized spacial score (nSPS) is 34.1. The number of hydrogen-bond acceptors (Lipinski definition) is 3. The van der Waals surface area contributed by atoms with Gasteiger partial charge >= 0.3 is 0 Å². The predicted molar refractivity (Wildman–Crippen MR) is 56.8 cm³/mol. The van der Waals surface area contributed by atoms with Crippen LogP contribution in [0.5, 0.6) is 0 Å². The lowest BCUT2D eigenvalue weighted by Crippen LogP contribution is -2.44. The molecule has 2 rings (SSSR count). The van der Waals surface area contributed by atoms with Crippen LogP contribution < -0.4 is 0 Å². The van der Waals surface area contributed by atoms with Gasteiger partial charge in [-0.1, -0.05) is 24.9 Å². The summed E-state index contributed by atoms with van der Waals surface area (Å²) >= 11 is 0. The van der Waals surface area contributed by atoms with Crippen LogP contribution in [0, 0.1) is 5.92 Å². The van der Waals surface area contributed by atoms with E-state index < -0.39 is 0 Å². The zero-order valence-electron chi connectivity index (χ0n) is 8.95. The number of likely N-dealkylation sites (tertiary alicyclic amines) is 1. The molecule has 0 aromatic heterocycles. The highest BCUT2D eigenvalue weighted by atomic mass is 16.4. The molecular formula is C11H20N2O. The molecule has 0 aromatic rings. The number of nitrogens with zero attached hydrogens (tertiary/aromatic N) is 2. The first kappa shape index (κ1) is 9.97. The molecule has 1 aliphatic heterocycles. The Morgan fingerprint density at radius 3 is 2.64 bits per heavy atom. The Bertz CT molecular complexity index is 221. The van der Waals surface area contributed by atoms with E-state index in [2.05, 4.69) is 17.0 Å². The summed E-state index contributed by atoms with van der Waals surface area (Å²) in [6.45, 7) is 4.34. The van der Waals surface area contributed by atoms with E-state index >= 15 is 0 Å². The fourth-order valence-electron chi connectivity index (χ4n) is 2.80. The van der Waals surface area contributed by atoms with Crippen LogP contribution in [-0.4, -0.2) is 35.0 Å². The van der Waals surface area contributed by atoms with Crippen LogP contribution in [0.4, 0.5) is 0 Å². The van der Waals surface area contributed by atoms with Crippen molar-refractivity contribution in [3.8, 4) is 0 Å². The van der Waals surface area contributed by atoms with E-state index in [0.29, 0.717) is 5.92 Å². The van der Waals surface area contributed by atoms with Gasteiger partial charge in [0.25, 0.3) is 0 Å². The minimum atomic E-state index is 0.439. The van der Waals surface area contributed by atoms with Crippen LogP contribution in [0.25, 0.3) is 0 Å². The number of oxime groups is 1. The molecule has 2 fully saturated rings. The molecule has 1 saturated heterocycles. The molecule has 1 heterocycles. The third-order valence-corrected chi connectivity index (χ3v) is 3.70. The van der Waals surface area contributed by atoms with Crippen molar-refractivity contribution in [1.82, 2.24) is 4.90 Å². The van der Waals surface area contributed by atoms with Crippen molar-refractivity contribution in [3.63, 3.8) is 0 Å². The first-order valence-corrected chi connectivity index (χ1v) is 5.76. The second-order valence-corrected chi connectivity index (χ2v) is 4.68. The van der Waals surface area contributed by atoms with Crippen LogP contribution >= 0.6 is 0 Å². The van der Waals surface area contributed by atoms with Gasteiger partial charge in [0.05, 0.1) is 5.71 Å². The lowest BCUT2D eigenvalue weighted by Gasteiger charge is -2.35. The Kier molecular flexibility index (Phi) is 3.06. The molecule has 2 aliphatic rings. The smallest absolute Gasteiger partial charge is 0.0624 e. The Balaban J connectivity index is 1.91. The maximum atomic E-state index is 8.78. The fourth-order valence-corrected chi connectivity index (χ4v) is 2.80. The molecule has 80 valence electrons. The monoisotopic (exact) mass is 196 g/mol. The second kappa shape index (κ2) is 4.30. The Morgan fingerprint density at radius 1 is 1.36 bits per heavy atom. The van der Waals surface area contributed by atoms with Crippen molar-refractivity contribution in [3.05, 3.63) is 0 Å². The number of piperidine rings is 1. The predicted octanol–water partition coefficient (Wildman–Crippen LogP) is 2.10. The molecule has 0 amide bonds. The lowest BCUT2D eigenvalue weighted by atomic mass is 9.96. The molecule has 1 aliphatic carbocycles. The summed E-state index contributed by atoms with van der Waals surface area (Å²) in [6.07, 6.45) is 6.50. The Labute approximate surface area is 85.8 Å². The maximum Gasteiger partial charge on any atom is 0.0624 e. The summed E-state index contributed by atoms with van der Waals surface area (Å²) in [5.41, 5.74) is 0.985. The fraction of sp³-hybridized carbons (Fsp3) is 0.909. The topological polar surface area (TPSA) is 35.8 Å². The molecule has 3 heteroatoms. The number of hydrogen-bond donors (Lipinski definition) is 1. The summed E-state index contributed by atoms with van der Waals surface area (Å²) < 4.78 is 0. The van der Waals surface area contributed by atoms with Gasteiger partial charge < -0.3 is 5.21 Å². The van der Waals surface area contributed by atoms with Crippen LogP contribution in [0.2, 0.25) is 0 Å². The molecule has 1 unspecified atom stereocenters. The van der Waals surface area contributed by atoms with E-state index in [9.17, 15) is 0 Å². The molecule has 1 atom stereocenters. The van der Waals surface area contributed by atoms with Gasteiger partial charge in [0.2, 0.25) is 0 Å². The van der Waals surface area contributed by atoms with Crippen molar-refractivity contribution in [2.75, 3.05) is 13.1 Å². The highest BCUT2D eigenvalue weighted by Crippen LogP contribution is 2.26. The average Bonchev–Trinajstić information content (AvgIpc) is 2.70. The molecule has 1 N–H and O–H groups in total. The summed E-state index contributed by atoms with van der Waals surface area (Å²) in [6, 6.07) is 0.817. The van der Waals surface area contributed by atoms with Gasteiger partial charge in [0.15, 0.2) is 0 Å². The minimum absolute atomic E-state index is 0.439. The Hall–Kier alpha value is -0.570. The van der Waals surface area contributed by atoms with Crippen molar-refractivity contribution in [2.45, 2.75) is 45.1 Å². The summed E-state index contributed by atoms with van der Waals surface area (Å²) in [5, 5.41) is 12.2. The van der Waals surface area contributed by atoms with Crippen molar-refractivity contribution < 1.29 is 5.21 Å². The molecule has 1 saturated carbocycles. The van der Waals surface area contributed by atoms with Gasteiger partial charge in [-0.2, -0.15) is 0 Å². The lowest BCUT2D eigenvalue weighted by molar-refractivity contribution is 0.174. The van der Waals surface area contributed by atoms with Crippen molar-refractivity contribution in [1.29, 1.82) is 0 Å². The van der Waals surface area contributed by atoms with E-state index in [1.807, 2.05) is 0 Å². The minimum Gasteiger partial charge on any atom is -0.411 e. The van der Waals surface area contributed by atoms with Crippen LogP contribution in [-0.2, 0) is 0 Å². The molecule has 14 heavy (non-hydrogen) atoms. The zero-order chi connectivity index (χ0) is 9.97. The highest BCUT2D eigenvalue weighted by Gasteiger charge is 2.29. The summed E-state index contributed by atoms with van der Waals surface area (Å²) in [4.78, 5) is 2.59. The number of rotatable bonds is 1. The summed E-state index contributed by atoms with van der Waals surface area (Å²) in [7, 11) is 0. The van der Waals surface area contributed by atoms with Crippen LogP contribution in [0.15, 0.2) is 5.16 Å². The molecule has 0 spiro atoms. The second-order valence-electron chi connectivity index (χ2n) is 4.68.